The highest BCUT2D eigenvalue weighted by atomic mass is 16.5. The van der Waals surface area contributed by atoms with Crippen LogP contribution in [0, 0.1) is 28.6 Å². The van der Waals surface area contributed by atoms with E-state index in [4.69, 9.17) is 9.47 Å². The molecule has 6 atom stereocenters. The molecule has 0 aliphatic heterocycles. The van der Waals surface area contributed by atoms with Crippen molar-refractivity contribution in [2.45, 2.75) is 58.0 Å². The summed E-state index contributed by atoms with van der Waals surface area (Å²) < 4.78 is 11.2. The molecule has 0 unspecified atom stereocenters. The molecule has 0 spiro atoms. The first-order valence-electron chi connectivity index (χ1n) is 10.3. The van der Waals surface area contributed by atoms with Gasteiger partial charge in [0.05, 0.1) is 0 Å². The van der Waals surface area contributed by atoms with E-state index in [0.717, 1.165) is 38.5 Å². The highest BCUT2D eigenvalue weighted by Gasteiger charge is 2.66. The van der Waals surface area contributed by atoms with Crippen molar-refractivity contribution in [3.63, 3.8) is 0 Å². The summed E-state index contributed by atoms with van der Waals surface area (Å²) in [5.41, 5.74) is 0.456. The molecule has 4 aliphatic carbocycles. The van der Waals surface area contributed by atoms with Crippen LogP contribution in [0.5, 0.6) is 0 Å². The molecular weight excluding hydrogens is 340 g/mol. The minimum Gasteiger partial charge on any atom is -0.377 e. The Hall–Kier alpha value is -1.26. The first kappa shape index (κ1) is 19.1. The average Bonchev–Trinajstić information content (AvgIpc) is 2.96. The summed E-state index contributed by atoms with van der Waals surface area (Å²) in [5, 5.41) is 0. The number of hydrogen-bond donors (Lipinski definition) is 0. The molecule has 0 aromatic carbocycles. The van der Waals surface area contributed by atoms with Gasteiger partial charge >= 0.3 is 0 Å². The number of ether oxygens (including phenoxy) is 2. The van der Waals surface area contributed by atoms with Gasteiger partial charge in [0, 0.05) is 25.0 Å². The van der Waals surface area contributed by atoms with E-state index in [0.29, 0.717) is 17.8 Å². The quantitative estimate of drug-likeness (QED) is 0.751. The van der Waals surface area contributed by atoms with Crippen LogP contribution in [0.2, 0.25) is 0 Å². The van der Waals surface area contributed by atoms with Crippen LogP contribution in [0.3, 0.4) is 0 Å². The number of Topliss-reactive ketones (excluding diaryl/α,β-unsaturated/α-hetero) is 1. The van der Waals surface area contributed by atoms with Gasteiger partial charge in [0.1, 0.15) is 12.2 Å². The highest BCUT2D eigenvalue weighted by Crippen LogP contribution is 2.67. The molecule has 0 amide bonds. The first-order chi connectivity index (χ1) is 12.8. The van der Waals surface area contributed by atoms with Gasteiger partial charge in [-0.15, -0.1) is 0 Å². The summed E-state index contributed by atoms with van der Waals surface area (Å²) in [4.78, 5) is 24.9. The summed E-state index contributed by atoms with van der Waals surface area (Å²) in [6.45, 7) is 4.72. The molecule has 4 heteroatoms. The Bertz CT molecular complexity index is 722. The molecule has 4 aliphatic rings. The zero-order chi connectivity index (χ0) is 19.4. The van der Waals surface area contributed by atoms with Gasteiger partial charge in [-0.1, -0.05) is 25.5 Å². The number of hydrogen-bond acceptors (Lipinski definition) is 4. The third kappa shape index (κ3) is 2.42. The largest absolute Gasteiger partial charge is 0.377 e. The fourth-order valence-corrected chi connectivity index (χ4v) is 7.35. The molecule has 0 N–H and O–H groups in total. The normalized spacial score (nSPS) is 45.7. The van der Waals surface area contributed by atoms with E-state index >= 15 is 0 Å². The molecule has 4 rings (SSSR count). The van der Waals surface area contributed by atoms with Crippen LogP contribution in [0.15, 0.2) is 23.8 Å². The minimum atomic E-state index is -0.714. The Morgan fingerprint density at radius 1 is 1.15 bits per heavy atom. The summed E-state index contributed by atoms with van der Waals surface area (Å²) in [6.07, 6.45) is 11.8. The summed E-state index contributed by atoms with van der Waals surface area (Å²) in [6, 6.07) is 0. The van der Waals surface area contributed by atoms with E-state index in [2.05, 4.69) is 19.9 Å². The van der Waals surface area contributed by atoms with Crippen molar-refractivity contribution in [3.8, 4) is 0 Å². The lowest BCUT2D eigenvalue weighted by molar-refractivity contribution is -0.172. The Labute approximate surface area is 162 Å². The third-order valence-electron chi connectivity index (χ3n) is 8.75. The van der Waals surface area contributed by atoms with Crippen molar-refractivity contribution < 1.29 is 19.1 Å². The third-order valence-corrected chi connectivity index (χ3v) is 8.75. The van der Waals surface area contributed by atoms with Crippen LogP contribution in [-0.4, -0.2) is 38.0 Å². The van der Waals surface area contributed by atoms with Crippen molar-refractivity contribution in [1.29, 1.82) is 0 Å². The SMILES string of the molecule is COCC(=O)[C@@]1(OC)CC[C@H]2[C@@H]3CCC4=CC(=O)C=C[C@]4(C)[C@H]3CC[C@@]21C. The van der Waals surface area contributed by atoms with E-state index in [1.165, 1.54) is 5.57 Å². The van der Waals surface area contributed by atoms with E-state index in [9.17, 15) is 9.59 Å². The number of carbonyl (C=O) groups excluding carboxylic acids is 2. The van der Waals surface area contributed by atoms with Crippen molar-refractivity contribution in [2.75, 3.05) is 20.8 Å². The van der Waals surface area contributed by atoms with Gasteiger partial charge in [0.2, 0.25) is 0 Å². The van der Waals surface area contributed by atoms with Crippen LogP contribution >= 0.6 is 0 Å². The fraction of sp³-hybridized carbons (Fsp3) is 0.739. The summed E-state index contributed by atoms with van der Waals surface area (Å²) in [7, 11) is 3.28. The number of rotatable bonds is 4. The number of ketones is 2. The van der Waals surface area contributed by atoms with Crippen LogP contribution in [0.1, 0.15) is 52.4 Å². The van der Waals surface area contributed by atoms with Gasteiger partial charge in [-0.25, -0.2) is 0 Å². The van der Waals surface area contributed by atoms with E-state index in [-0.39, 0.29) is 29.0 Å². The van der Waals surface area contributed by atoms with Crippen LogP contribution in [0.25, 0.3) is 0 Å². The molecule has 148 valence electrons. The molecule has 27 heavy (non-hydrogen) atoms. The van der Waals surface area contributed by atoms with Crippen LogP contribution < -0.4 is 0 Å². The van der Waals surface area contributed by atoms with E-state index in [1.807, 2.05) is 6.08 Å². The Morgan fingerprint density at radius 3 is 2.59 bits per heavy atom. The van der Waals surface area contributed by atoms with Crippen molar-refractivity contribution >= 4 is 11.6 Å². The van der Waals surface area contributed by atoms with E-state index in [1.54, 1.807) is 20.3 Å². The first-order valence-corrected chi connectivity index (χ1v) is 10.3. The molecule has 0 aromatic rings. The van der Waals surface area contributed by atoms with Gasteiger partial charge in [-0.3, -0.25) is 9.59 Å². The Morgan fingerprint density at radius 2 is 1.89 bits per heavy atom. The predicted octanol–water partition coefficient (Wildman–Crippen LogP) is 3.90. The number of fused-ring (bicyclic) bond motifs is 5. The predicted molar refractivity (Wildman–Crippen MR) is 103 cm³/mol. The standard InChI is InChI=1S/C23H32O4/c1-21-10-7-16(24)13-15(21)5-6-17-18(21)8-11-22(2)19(17)9-12-23(22,27-4)20(25)14-26-3/h7,10,13,17-19H,5-6,8-9,11-12,14H2,1-4H3/t17-,18+,19+,21+,22+,23+/m1/s1. The highest BCUT2D eigenvalue weighted by molar-refractivity contribution is 6.01. The summed E-state index contributed by atoms with van der Waals surface area (Å²) in [5.74, 6) is 1.84. The molecule has 0 radical (unpaired) electrons. The van der Waals surface area contributed by atoms with Gasteiger partial charge in [0.25, 0.3) is 0 Å². The Balaban J connectivity index is 1.68. The monoisotopic (exact) mass is 372 g/mol. The molecule has 0 bridgehead atoms. The van der Waals surface area contributed by atoms with Gasteiger partial charge in [0.15, 0.2) is 11.6 Å². The zero-order valence-electron chi connectivity index (χ0n) is 17.0. The van der Waals surface area contributed by atoms with Crippen molar-refractivity contribution in [2.24, 2.45) is 28.6 Å². The Kier molecular flexibility index (Phi) is 4.51. The lowest BCUT2D eigenvalue weighted by Gasteiger charge is -2.58. The molecule has 0 heterocycles. The molecule has 0 saturated heterocycles. The maximum Gasteiger partial charge on any atom is 0.190 e. The number of methoxy groups -OCH3 is 2. The maximum atomic E-state index is 13.0. The number of carbonyl (C=O) groups is 2. The lowest BCUT2D eigenvalue weighted by atomic mass is 9.47. The molecule has 0 aromatic heterocycles. The molecular formula is C23H32O4. The van der Waals surface area contributed by atoms with Gasteiger partial charge in [-0.05, 0) is 68.4 Å². The van der Waals surface area contributed by atoms with E-state index < -0.39 is 5.60 Å². The average molecular weight is 373 g/mol. The molecule has 3 saturated carbocycles. The van der Waals surface area contributed by atoms with Crippen molar-refractivity contribution in [3.05, 3.63) is 23.8 Å². The smallest absolute Gasteiger partial charge is 0.190 e. The second kappa shape index (κ2) is 6.38. The zero-order valence-corrected chi connectivity index (χ0v) is 17.0. The second-order valence-electron chi connectivity index (χ2n) is 9.49. The van der Waals surface area contributed by atoms with Gasteiger partial charge < -0.3 is 9.47 Å². The molecule has 4 nitrogen and oxygen atoms in total. The summed E-state index contributed by atoms with van der Waals surface area (Å²) >= 11 is 0. The fourth-order valence-electron chi connectivity index (χ4n) is 7.35. The second-order valence-corrected chi connectivity index (χ2v) is 9.49. The molecule has 3 fully saturated rings. The maximum absolute atomic E-state index is 13.0. The van der Waals surface area contributed by atoms with Crippen LogP contribution in [0.4, 0.5) is 0 Å². The van der Waals surface area contributed by atoms with Crippen LogP contribution in [-0.2, 0) is 19.1 Å². The topological polar surface area (TPSA) is 52.6 Å². The minimum absolute atomic E-state index is 0.00693. The number of allylic oxidation sites excluding steroid dienone is 4. The lowest BCUT2D eigenvalue weighted by Crippen LogP contribution is -2.58. The van der Waals surface area contributed by atoms with Crippen molar-refractivity contribution in [1.82, 2.24) is 0 Å². The van der Waals surface area contributed by atoms with Gasteiger partial charge in [-0.2, -0.15) is 0 Å².